The van der Waals surface area contributed by atoms with Crippen LogP contribution in [0.15, 0.2) is 29.4 Å². The average molecular weight is 318 g/mol. The van der Waals surface area contributed by atoms with Gasteiger partial charge in [-0.2, -0.15) is 0 Å². The van der Waals surface area contributed by atoms with E-state index >= 15 is 0 Å². The first kappa shape index (κ1) is 14.9. The van der Waals surface area contributed by atoms with Crippen LogP contribution in [0.1, 0.15) is 30.3 Å². The first-order valence-electron chi connectivity index (χ1n) is 7.26. The van der Waals surface area contributed by atoms with Crippen molar-refractivity contribution in [3.05, 3.63) is 35.0 Å². The summed E-state index contributed by atoms with van der Waals surface area (Å²) in [5.74, 6) is -0.234. The molecule has 0 radical (unpaired) electrons. The highest BCUT2D eigenvalue weighted by atomic mass is 32.1. The Bertz CT molecular complexity index is 626. The van der Waals surface area contributed by atoms with E-state index in [2.05, 4.69) is 27.5 Å². The van der Waals surface area contributed by atoms with Crippen molar-refractivity contribution in [3.63, 3.8) is 0 Å². The molecule has 1 amide bonds. The number of amides is 1. The Balaban J connectivity index is 1.70. The summed E-state index contributed by atoms with van der Waals surface area (Å²) < 4.78 is 5.69. The number of hydrogen-bond donors (Lipinski definition) is 2. The molecule has 116 valence electrons. The number of ether oxygens (including phenoxy) is 1. The quantitative estimate of drug-likeness (QED) is 0.886. The molecule has 22 heavy (non-hydrogen) atoms. The lowest BCUT2D eigenvalue weighted by Gasteiger charge is -2.22. The van der Waals surface area contributed by atoms with Gasteiger partial charge in [0, 0.05) is 24.2 Å². The second-order valence-electron chi connectivity index (χ2n) is 5.23. The van der Waals surface area contributed by atoms with Crippen molar-refractivity contribution in [1.29, 1.82) is 0 Å². The van der Waals surface area contributed by atoms with Gasteiger partial charge in [0.1, 0.15) is 5.69 Å². The normalized spacial score (nSPS) is 18.9. The van der Waals surface area contributed by atoms with E-state index < -0.39 is 0 Å². The summed E-state index contributed by atoms with van der Waals surface area (Å²) in [4.78, 5) is 20.2. The van der Waals surface area contributed by atoms with Crippen LogP contribution >= 0.6 is 11.3 Å². The third-order valence-corrected chi connectivity index (χ3v) is 4.23. The van der Waals surface area contributed by atoms with E-state index in [1.807, 2.05) is 6.07 Å². The van der Waals surface area contributed by atoms with Crippen LogP contribution < -0.4 is 10.6 Å². The fourth-order valence-electron chi connectivity index (χ4n) is 2.47. The zero-order valence-electron chi connectivity index (χ0n) is 12.3. The molecular weight excluding hydrogens is 300 g/mol. The number of hydrogen-bond acceptors (Lipinski definition) is 6. The number of rotatable bonds is 5. The highest BCUT2D eigenvalue weighted by molar-refractivity contribution is 7.07. The zero-order chi connectivity index (χ0) is 15.4. The SMILES string of the molecule is CC(Nc1ccncc1NC(=O)c1cscn1)C1CCCO1. The van der Waals surface area contributed by atoms with E-state index in [1.54, 1.807) is 23.3 Å². The largest absolute Gasteiger partial charge is 0.378 e. The van der Waals surface area contributed by atoms with Gasteiger partial charge in [0.25, 0.3) is 5.91 Å². The van der Waals surface area contributed by atoms with E-state index in [9.17, 15) is 4.79 Å². The predicted molar refractivity (Wildman–Crippen MR) is 86.4 cm³/mol. The number of nitrogens with one attached hydrogen (secondary N) is 2. The number of thiazole rings is 1. The second-order valence-corrected chi connectivity index (χ2v) is 5.95. The Hall–Kier alpha value is -1.99. The minimum absolute atomic E-state index is 0.167. The maximum Gasteiger partial charge on any atom is 0.275 e. The van der Waals surface area contributed by atoms with Crippen molar-refractivity contribution in [2.75, 3.05) is 17.2 Å². The molecule has 0 bridgehead atoms. The fourth-order valence-corrected chi connectivity index (χ4v) is 3.00. The maximum atomic E-state index is 12.1. The van der Waals surface area contributed by atoms with E-state index in [0.717, 1.165) is 25.1 Å². The van der Waals surface area contributed by atoms with Gasteiger partial charge < -0.3 is 15.4 Å². The average Bonchev–Trinajstić information content (AvgIpc) is 3.23. The summed E-state index contributed by atoms with van der Waals surface area (Å²) >= 11 is 1.39. The van der Waals surface area contributed by atoms with Gasteiger partial charge in [-0.1, -0.05) is 0 Å². The molecule has 2 unspecified atom stereocenters. The summed E-state index contributed by atoms with van der Waals surface area (Å²) in [6.07, 6.45) is 5.69. The van der Waals surface area contributed by atoms with Crippen molar-refractivity contribution in [2.24, 2.45) is 0 Å². The monoisotopic (exact) mass is 318 g/mol. The number of aromatic nitrogens is 2. The van der Waals surface area contributed by atoms with Gasteiger partial charge in [-0.15, -0.1) is 11.3 Å². The summed E-state index contributed by atoms with van der Waals surface area (Å²) in [7, 11) is 0. The lowest BCUT2D eigenvalue weighted by Crippen LogP contribution is -2.30. The first-order chi connectivity index (χ1) is 10.7. The fraction of sp³-hybridized carbons (Fsp3) is 0.400. The lowest BCUT2D eigenvalue weighted by molar-refractivity contribution is 0.0997. The third kappa shape index (κ3) is 3.42. The molecule has 2 aromatic rings. The van der Waals surface area contributed by atoms with Crippen molar-refractivity contribution < 1.29 is 9.53 Å². The van der Waals surface area contributed by atoms with Crippen molar-refractivity contribution in [3.8, 4) is 0 Å². The van der Waals surface area contributed by atoms with Crippen LogP contribution in [-0.2, 0) is 4.74 Å². The minimum Gasteiger partial charge on any atom is -0.378 e. The molecule has 1 aliphatic heterocycles. The third-order valence-electron chi connectivity index (χ3n) is 3.64. The molecule has 1 aliphatic rings. The number of anilines is 2. The van der Waals surface area contributed by atoms with Crippen LogP contribution in [0.5, 0.6) is 0 Å². The number of pyridine rings is 1. The molecule has 0 aromatic carbocycles. The minimum atomic E-state index is -0.234. The molecule has 2 N–H and O–H groups in total. The molecule has 2 atom stereocenters. The molecule has 3 rings (SSSR count). The lowest BCUT2D eigenvalue weighted by atomic mass is 10.1. The molecule has 0 saturated carbocycles. The van der Waals surface area contributed by atoms with Crippen LogP contribution in [0, 0.1) is 0 Å². The van der Waals surface area contributed by atoms with Gasteiger partial charge in [-0.05, 0) is 25.8 Å². The highest BCUT2D eigenvalue weighted by Gasteiger charge is 2.23. The van der Waals surface area contributed by atoms with Gasteiger partial charge >= 0.3 is 0 Å². The summed E-state index contributed by atoms with van der Waals surface area (Å²) in [6, 6.07) is 2.02. The van der Waals surface area contributed by atoms with Crippen molar-refractivity contribution in [2.45, 2.75) is 31.9 Å². The van der Waals surface area contributed by atoms with Gasteiger partial charge in [0.15, 0.2) is 0 Å². The summed E-state index contributed by atoms with van der Waals surface area (Å²) in [5, 5.41) is 7.97. The van der Waals surface area contributed by atoms with E-state index in [4.69, 9.17) is 4.74 Å². The van der Waals surface area contributed by atoms with Crippen LogP contribution in [0.4, 0.5) is 11.4 Å². The van der Waals surface area contributed by atoms with Gasteiger partial charge in [0.2, 0.25) is 0 Å². The van der Waals surface area contributed by atoms with Crippen molar-refractivity contribution >= 4 is 28.6 Å². The molecule has 6 nitrogen and oxygen atoms in total. The van der Waals surface area contributed by atoms with Crippen LogP contribution in [-0.4, -0.2) is 34.6 Å². The molecule has 1 fully saturated rings. The van der Waals surface area contributed by atoms with Gasteiger partial charge in [0.05, 0.1) is 29.2 Å². The Labute approximate surface area is 132 Å². The van der Waals surface area contributed by atoms with Crippen LogP contribution in [0.3, 0.4) is 0 Å². The molecule has 0 aliphatic carbocycles. The van der Waals surface area contributed by atoms with Crippen LogP contribution in [0.2, 0.25) is 0 Å². The smallest absolute Gasteiger partial charge is 0.275 e. The van der Waals surface area contributed by atoms with Gasteiger partial charge in [-0.3, -0.25) is 9.78 Å². The van der Waals surface area contributed by atoms with Crippen molar-refractivity contribution in [1.82, 2.24) is 9.97 Å². The number of nitrogens with zero attached hydrogens (tertiary/aromatic N) is 2. The summed E-state index contributed by atoms with van der Waals surface area (Å²) in [6.45, 7) is 2.91. The Morgan fingerprint density at radius 2 is 2.41 bits per heavy atom. The standard InChI is InChI=1S/C15H18N4O2S/c1-10(14-3-2-6-21-14)18-11-4-5-16-7-12(11)19-15(20)13-8-22-9-17-13/h4-5,7-10,14H,2-3,6H2,1H3,(H,16,18)(H,19,20). The molecule has 7 heteroatoms. The maximum absolute atomic E-state index is 12.1. The van der Waals surface area contributed by atoms with E-state index in [-0.39, 0.29) is 18.1 Å². The molecule has 3 heterocycles. The zero-order valence-corrected chi connectivity index (χ0v) is 13.1. The van der Waals surface area contributed by atoms with Gasteiger partial charge in [-0.25, -0.2) is 4.98 Å². The summed E-state index contributed by atoms with van der Waals surface area (Å²) in [5.41, 5.74) is 3.52. The Morgan fingerprint density at radius 1 is 1.50 bits per heavy atom. The molecule has 0 spiro atoms. The number of carbonyl (C=O) groups excluding carboxylic acids is 1. The molecule has 1 saturated heterocycles. The highest BCUT2D eigenvalue weighted by Crippen LogP contribution is 2.24. The number of carbonyl (C=O) groups is 1. The first-order valence-corrected chi connectivity index (χ1v) is 8.20. The van der Waals surface area contributed by atoms with Crippen LogP contribution in [0.25, 0.3) is 0 Å². The Morgan fingerprint density at radius 3 is 3.14 bits per heavy atom. The Kier molecular flexibility index (Phi) is 4.65. The molecular formula is C15H18N4O2S. The van der Waals surface area contributed by atoms with E-state index in [0.29, 0.717) is 11.4 Å². The molecule has 2 aromatic heterocycles. The topological polar surface area (TPSA) is 76.1 Å². The predicted octanol–water partition coefficient (Wildman–Crippen LogP) is 2.77. The second kappa shape index (κ2) is 6.85. The van der Waals surface area contributed by atoms with E-state index in [1.165, 1.54) is 11.3 Å².